The fraction of sp³-hybridized carbons (Fsp3) is 0.435. The molecule has 32 heavy (non-hydrogen) atoms. The number of hydrogen-bond acceptors (Lipinski definition) is 5. The monoisotopic (exact) mass is 483 g/mol. The molecule has 0 aliphatic heterocycles. The number of carbonyl (C=O) groups excluding carboxylic acids is 1. The Bertz CT molecular complexity index is 1040. The number of halogens is 2. The zero-order valence-corrected chi connectivity index (χ0v) is 19.6. The third-order valence-corrected chi connectivity index (χ3v) is 7.43. The van der Waals surface area contributed by atoms with E-state index in [1.54, 1.807) is 12.1 Å². The second kappa shape index (κ2) is 10.7. The highest BCUT2D eigenvalue weighted by molar-refractivity contribution is 7.89. The number of carbonyl (C=O) groups is 1. The first-order chi connectivity index (χ1) is 15.2. The zero-order chi connectivity index (χ0) is 23.3. The van der Waals surface area contributed by atoms with Gasteiger partial charge in [-0.15, -0.1) is 0 Å². The number of hydrogen-bond donors (Lipinski definition) is 1. The van der Waals surface area contributed by atoms with Crippen molar-refractivity contribution in [2.75, 3.05) is 7.11 Å². The van der Waals surface area contributed by atoms with Gasteiger partial charge in [-0.2, -0.15) is 4.72 Å². The summed E-state index contributed by atoms with van der Waals surface area (Å²) in [5, 5.41) is 0.625. The molecule has 0 bridgehead atoms. The van der Waals surface area contributed by atoms with E-state index in [1.807, 2.05) is 12.1 Å². The largest absolute Gasteiger partial charge is 0.468 e. The first kappa shape index (κ1) is 24.6. The highest BCUT2D eigenvalue weighted by Crippen LogP contribution is 2.32. The van der Waals surface area contributed by atoms with Crippen LogP contribution in [0, 0.1) is 18.7 Å². The van der Waals surface area contributed by atoms with Gasteiger partial charge in [0.2, 0.25) is 10.0 Å². The Morgan fingerprint density at radius 3 is 2.53 bits per heavy atom. The van der Waals surface area contributed by atoms with Gasteiger partial charge >= 0.3 is 5.97 Å². The summed E-state index contributed by atoms with van der Waals surface area (Å²) in [4.78, 5) is 12.5. The van der Waals surface area contributed by atoms with Gasteiger partial charge in [0, 0.05) is 10.9 Å². The molecule has 1 N–H and O–H groups in total. The zero-order valence-electron chi connectivity index (χ0n) is 18.0. The van der Waals surface area contributed by atoms with Gasteiger partial charge in [0.1, 0.15) is 11.9 Å². The summed E-state index contributed by atoms with van der Waals surface area (Å²) in [6, 6.07) is 9.65. The van der Waals surface area contributed by atoms with Crippen molar-refractivity contribution >= 4 is 27.6 Å². The molecule has 0 unspecified atom stereocenters. The lowest BCUT2D eigenvalue weighted by atomic mass is 9.81. The van der Waals surface area contributed by atoms with Crippen molar-refractivity contribution in [3.05, 3.63) is 64.4 Å². The summed E-state index contributed by atoms with van der Waals surface area (Å²) in [5.74, 6) is -1.59. The van der Waals surface area contributed by atoms with Crippen molar-refractivity contribution in [1.82, 2.24) is 4.72 Å². The number of nitrogens with one attached hydrogen (secondary N) is 1. The third kappa shape index (κ3) is 6.07. The quantitative estimate of drug-likeness (QED) is 0.563. The average Bonchev–Trinajstić information content (AvgIpc) is 2.78. The Morgan fingerprint density at radius 2 is 1.88 bits per heavy atom. The number of ether oxygens (including phenoxy) is 2. The molecule has 0 radical (unpaired) electrons. The standard InChI is InChI=1S/C23H27ClFNO5S/c1-15-13-18(11-12-20(15)25)32(28,29)26-22(23(27)30-2)19-5-3-4-6-21(19)31-14-16-7-9-17(24)10-8-16/h7-13,19,21-22,26H,3-6,14H2,1-2H3/t19-,21+,22+/m0/s1. The second-order valence-electron chi connectivity index (χ2n) is 7.96. The summed E-state index contributed by atoms with van der Waals surface area (Å²) in [5.41, 5.74) is 1.13. The molecule has 2 aromatic rings. The van der Waals surface area contributed by atoms with Gasteiger partial charge in [0.15, 0.2) is 0 Å². The van der Waals surface area contributed by atoms with Crippen molar-refractivity contribution in [3.8, 4) is 0 Å². The van der Waals surface area contributed by atoms with Crippen molar-refractivity contribution in [1.29, 1.82) is 0 Å². The summed E-state index contributed by atoms with van der Waals surface area (Å²) < 4.78 is 53.1. The molecule has 2 aromatic carbocycles. The van der Waals surface area contributed by atoms with E-state index in [-0.39, 0.29) is 16.6 Å². The molecule has 0 heterocycles. The smallest absolute Gasteiger partial charge is 0.324 e. The molecular weight excluding hydrogens is 457 g/mol. The van der Waals surface area contributed by atoms with Gasteiger partial charge in [-0.05, 0) is 61.2 Å². The van der Waals surface area contributed by atoms with Crippen molar-refractivity contribution in [2.45, 2.75) is 56.3 Å². The molecule has 1 saturated carbocycles. The van der Waals surface area contributed by atoms with Crippen LogP contribution in [0.3, 0.4) is 0 Å². The molecule has 1 aliphatic carbocycles. The van der Waals surface area contributed by atoms with Crippen LogP contribution in [0.15, 0.2) is 47.4 Å². The van der Waals surface area contributed by atoms with E-state index in [2.05, 4.69) is 4.72 Å². The van der Waals surface area contributed by atoms with Crippen LogP contribution >= 0.6 is 11.6 Å². The van der Waals surface area contributed by atoms with E-state index in [1.165, 1.54) is 26.2 Å². The molecule has 0 saturated heterocycles. The maximum absolute atomic E-state index is 13.6. The predicted molar refractivity (Wildman–Crippen MR) is 119 cm³/mol. The number of esters is 1. The summed E-state index contributed by atoms with van der Waals surface area (Å²) >= 11 is 5.93. The van der Waals surface area contributed by atoms with Crippen molar-refractivity contribution in [2.24, 2.45) is 5.92 Å². The van der Waals surface area contributed by atoms with Crippen LogP contribution in [0.4, 0.5) is 4.39 Å². The summed E-state index contributed by atoms with van der Waals surface area (Å²) in [7, 11) is -2.87. The maximum atomic E-state index is 13.6. The highest BCUT2D eigenvalue weighted by Gasteiger charge is 2.40. The highest BCUT2D eigenvalue weighted by atomic mass is 35.5. The molecule has 0 aromatic heterocycles. The predicted octanol–water partition coefficient (Wildman–Crippen LogP) is 4.38. The SMILES string of the molecule is COC(=O)[C@H](NS(=O)(=O)c1ccc(F)c(C)c1)[C@H]1CCCC[C@H]1OCc1ccc(Cl)cc1. The fourth-order valence-electron chi connectivity index (χ4n) is 3.95. The van der Waals surface area contributed by atoms with E-state index in [4.69, 9.17) is 21.1 Å². The van der Waals surface area contributed by atoms with Crippen LogP contribution in [-0.4, -0.2) is 33.6 Å². The number of aryl methyl sites for hydroxylation is 1. The van der Waals surface area contributed by atoms with Gasteiger partial charge in [-0.25, -0.2) is 12.8 Å². The average molecular weight is 484 g/mol. The lowest BCUT2D eigenvalue weighted by molar-refractivity contribution is -0.147. The molecular formula is C23H27ClFNO5S. The van der Waals surface area contributed by atoms with E-state index in [0.29, 0.717) is 24.5 Å². The molecule has 3 atom stereocenters. The Hall–Kier alpha value is -2.00. The summed E-state index contributed by atoms with van der Waals surface area (Å²) in [6.07, 6.45) is 2.73. The van der Waals surface area contributed by atoms with Crippen molar-refractivity contribution in [3.63, 3.8) is 0 Å². The topological polar surface area (TPSA) is 81.7 Å². The Labute approximate surface area is 193 Å². The van der Waals surface area contributed by atoms with Gasteiger partial charge in [0.25, 0.3) is 0 Å². The molecule has 9 heteroatoms. The normalized spacial score (nSPS) is 20.0. The first-order valence-electron chi connectivity index (χ1n) is 10.4. The van der Waals surface area contributed by atoms with Gasteiger partial charge < -0.3 is 9.47 Å². The second-order valence-corrected chi connectivity index (χ2v) is 10.1. The lowest BCUT2D eigenvalue weighted by Crippen LogP contribution is -2.51. The van der Waals surface area contributed by atoms with Crippen LogP contribution in [0.2, 0.25) is 5.02 Å². The Balaban J connectivity index is 1.81. The minimum atomic E-state index is -4.09. The number of sulfonamides is 1. The molecule has 0 amide bonds. The molecule has 6 nitrogen and oxygen atoms in total. The number of rotatable bonds is 8. The van der Waals surface area contributed by atoms with Crippen LogP contribution < -0.4 is 4.72 Å². The van der Waals surface area contributed by atoms with E-state index < -0.39 is 33.8 Å². The van der Waals surface area contributed by atoms with Crippen LogP contribution in [0.1, 0.15) is 36.8 Å². The molecule has 1 aliphatic rings. The van der Waals surface area contributed by atoms with Crippen LogP contribution in [-0.2, 0) is 30.9 Å². The minimum absolute atomic E-state index is 0.111. The molecule has 3 rings (SSSR count). The lowest BCUT2D eigenvalue weighted by Gasteiger charge is -2.36. The Morgan fingerprint density at radius 1 is 1.19 bits per heavy atom. The number of methoxy groups -OCH3 is 1. The molecule has 0 spiro atoms. The van der Waals surface area contributed by atoms with Crippen LogP contribution in [0.25, 0.3) is 0 Å². The summed E-state index contributed by atoms with van der Waals surface area (Å²) in [6.45, 7) is 1.80. The van der Waals surface area contributed by atoms with E-state index in [0.717, 1.165) is 24.5 Å². The molecule has 174 valence electrons. The van der Waals surface area contributed by atoms with Gasteiger partial charge in [-0.3, -0.25) is 4.79 Å². The minimum Gasteiger partial charge on any atom is -0.468 e. The first-order valence-corrected chi connectivity index (χ1v) is 12.3. The molecule has 1 fully saturated rings. The third-order valence-electron chi connectivity index (χ3n) is 5.74. The fourth-order valence-corrected chi connectivity index (χ4v) is 5.40. The van der Waals surface area contributed by atoms with Gasteiger partial charge in [-0.1, -0.05) is 36.6 Å². The van der Waals surface area contributed by atoms with Gasteiger partial charge in [0.05, 0.1) is 24.7 Å². The number of benzene rings is 2. The van der Waals surface area contributed by atoms with E-state index >= 15 is 0 Å². The van der Waals surface area contributed by atoms with Crippen LogP contribution in [0.5, 0.6) is 0 Å². The van der Waals surface area contributed by atoms with E-state index in [9.17, 15) is 17.6 Å². The van der Waals surface area contributed by atoms with Crippen molar-refractivity contribution < 1.29 is 27.1 Å². The Kier molecular flexibility index (Phi) is 8.27. The maximum Gasteiger partial charge on any atom is 0.324 e.